The van der Waals surface area contributed by atoms with Crippen LogP contribution in [0.3, 0.4) is 0 Å². The van der Waals surface area contributed by atoms with E-state index in [2.05, 4.69) is 6.58 Å². The molecule has 3 rings (SSSR count). The summed E-state index contributed by atoms with van der Waals surface area (Å²) in [5, 5.41) is 0. The molecule has 7 heteroatoms. The zero-order chi connectivity index (χ0) is 21.3. The van der Waals surface area contributed by atoms with Gasteiger partial charge in [0.15, 0.2) is 12.6 Å². The number of hydrogen-bond donors (Lipinski definition) is 1. The first-order valence-corrected chi connectivity index (χ1v) is 9.55. The van der Waals surface area contributed by atoms with Crippen LogP contribution in [-0.2, 0) is 20.7 Å². The number of ketones is 1. The Hall–Kier alpha value is -2.67. The molecule has 1 fully saturated rings. The van der Waals surface area contributed by atoms with Crippen molar-refractivity contribution >= 4 is 11.7 Å². The summed E-state index contributed by atoms with van der Waals surface area (Å²) in [6.07, 6.45) is 3.93. The van der Waals surface area contributed by atoms with E-state index in [-0.39, 0.29) is 48.1 Å². The Balaban J connectivity index is 1.95. The third-order valence-electron chi connectivity index (χ3n) is 6.07. The molecule has 1 heterocycles. The molecule has 0 saturated carbocycles. The highest BCUT2D eigenvalue weighted by atomic mass is 19.1. The number of carbonyl (C=O) groups excluding carboxylic acids is 2. The van der Waals surface area contributed by atoms with Crippen molar-refractivity contribution < 1.29 is 28.2 Å². The highest BCUT2D eigenvalue weighted by molar-refractivity contribution is 5.96. The van der Waals surface area contributed by atoms with E-state index in [1.807, 2.05) is 13.8 Å². The van der Waals surface area contributed by atoms with Crippen LogP contribution in [-0.4, -0.2) is 31.2 Å². The molecule has 0 aromatic heterocycles. The first-order chi connectivity index (χ1) is 13.7. The van der Waals surface area contributed by atoms with Crippen molar-refractivity contribution in [2.75, 3.05) is 13.9 Å². The van der Waals surface area contributed by atoms with Gasteiger partial charge >= 0.3 is 0 Å². The van der Waals surface area contributed by atoms with E-state index in [0.29, 0.717) is 17.7 Å². The summed E-state index contributed by atoms with van der Waals surface area (Å²) in [4.78, 5) is 24.2. The maximum absolute atomic E-state index is 14.7. The predicted octanol–water partition coefficient (Wildman–Crippen LogP) is 3.15. The average molecular weight is 403 g/mol. The van der Waals surface area contributed by atoms with Crippen molar-refractivity contribution in [3.63, 3.8) is 0 Å². The summed E-state index contributed by atoms with van der Waals surface area (Å²) in [6, 6.07) is 2.58. The molecular formula is C22H26FNO5. The molecule has 29 heavy (non-hydrogen) atoms. The van der Waals surface area contributed by atoms with Crippen LogP contribution in [0.2, 0.25) is 0 Å². The topological polar surface area (TPSA) is 87.9 Å². The Morgan fingerprint density at radius 3 is 2.83 bits per heavy atom. The smallest absolute Gasteiger partial charge is 0.252 e. The molecule has 1 amide bonds. The molecular weight excluding hydrogens is 377 g/mol. The van der Waals surface area contributed by atoms with Crippen LogP contribution >= 0.6 is 0 Å². The second kappa shape index (κ2) is 7.99. The van der Waals surface area contributed by atoms with E-state index < -0.39 is 17.3 Å². The van der Waals surface area contributed by atoms with Gasteiger partial charge in [-0.05, 0) is 36.3 Å². The van der Waals surface area contributed by atoms with Crippen molar-refractivity contribution in [1.29, 1.82) is 0 Å². The van der Waals surface area contributed by atoms with Gasteiger partial charge in [0.2, 0.25) is 0 Å². The SMILES string of the molecule is C=CC(C)[C@H]1C[C@]2(C(C)Cc3cc(C(N)=O)c(OC)cc3F)OCOC2=CC1=O. The number of hydrogen-bond acceptors (Lipinski definition) is 5. The fourth-order valence-corrected chi connectivity index (χ4v) is 4.19. The number of methoxy groups -OCH3 is 1. The van der Waals surface area contributed by atoms with Crippen LogP contribution in [0.25, 0.3) is 0 Å². The minimum Gasteiger partial charge on any atom is -0.496 e. The molecule has 1 aliphatic heterocycles. The third kappa shape index (κ3) is 3.67. The molecule has 1 aliphatic carbocycles. The van der Waals surface area contributed by atoms with Crippen LogP contribution in [0.15, 0.2) is 36.6 Å². The van der Waals surface area contributed by atoms with Gasteiger partial charge in [-0.15, -0.1) is 6.58 Å². The molecule has 2 aliphatic rings. The number of primary amides is 1. The zero-order valence-electron chi connectivity index (χ0n) is 16.9. The van der Waals surface area contributed by atoms with E-state index in [1.54, 1.807) is 6.08 Å². The molecule has 0 bridgehead atoms. The highest BCUT2D eigenvalue weighted by Gasteiger charge is 2.52. The van der Waals surface area contributed by atoms with Crippen LogP contribution in [0.5, 0.6) is 5.75 Å². The number of halogens is 1. The Kier molecular flexibility index (Phi) is 5.80. The number of amides is 1. The van der Waals surface area contributed by atoms with Gasteiger partial charge in [-0.3, -0.25) is 9.59 Å². The van der Waals surface area contributed by atoms with E-state index in [1.165, 1.54) is 19.3 Å². The van der Waals surface area contributed by atoms with E-state index in [4.69, 9.17) is 19.9 Å². The predicted molar refractivity (Wildman–Crippen MR) is 105 cm³/mol. The molecule has 2 N–H and O–H groups in total. The maximum Gasteiger partial charge on any atom is 0.252 e. The van der Waals surface area contributed by atoms with Gasteiger partial charge in [-0.1, -0.05) is 19.9 Å². The Bertz CT molecular complexity index is 880. The van der Waals surface area contributed by atoms with Gasteiger partial charge < -0.3 is 19.9 Å². The lowest BCUT2D eigenvalue weighted by atomic mass is 9.69. The van der Waals surface area contributed by atoms with E-state index in [0.717, 1.165) is 6.07 Å². The lowest BCUT2D eigenvalue weighted by molar-refractivity contribution is -0.124. The van der Waals surface area contributed by atoms with E-state index >= 15 is 0 Å². The Morgan fingerprint density at radius 1 is 1.48 bits per heavy atom. The second-order valence-electron chi connectivity index (χ2n) is 7.73. The average Bonchev–Trinajstić information content (AvgIpc) is 3.11. The van der Waals surface area contributed by atoms with Gasteiger partial charge in [0.05, 0.1) is 12.7 Å². The molecule has 4 atom stereocenters. The van der Waals surface area contributed by atoms with Gasteiger partial charge in [-0.2, -0.15) is 0 Å². The molecule has 2 unspecified atom stereocenters. The zero-order valence-corrected chi connectivity index (χ0v) is 16.9. The van der Waals surface area contributed by atoms with Gasteiger partial charge in [0.25, 0.3) is 5.91 Å². The largest absolute Gasteiger partial charge is 0.496 e. The monoisotopic (exact) mass is 403 g/mol. The summed E-state index contributed by atoms with van der Waals surface area (Å²) in [5.41, 5.74) is 5.01. The maximum atomic E-state index is 14.7. The lowest BCUT2D eigenvalue weighted by Gasteiger charge is -2.39. The van der Waals surface area contributed by atoms with Gasteiger partial charge in [0.1, 0.15) is 22.9 Å². The second-order valence-corrected chi connectivity index (χ2v) is 7.73. The first-order valence-electron chi connectivity index (χ1n) is 9.55. The quantitative estimate of drug-likeness (QED) is 0.707. The van der Waals surface area contributed by atoms with Gasteiger partial charge in [0, 0.05) is 18.1 Å². The number of rotatable bonds is 7. The fourth-order valence-electron chi connectivity index (χ4n) is 4.19. The molecule has 0 spiro atoms. The van der Waals surface area contributed by atoms with Crippen molar-refractivity contribution in [3.8, 4) is 5.75 Å². The Morgan fingerprint density at radius 2 is 2.21 bits per heavy atom. The molecule has 1 saturated heterocycles. The van der Waals surface area contributed by atoms with Crippen LogP contribution < -0.4 is 10.5 Å². The van der Waals surface area contributed by atoms with Crippen LogP contribution in [0.1, 0.15) is 36.2 Å². The number of nitrogens with two attached hydrogens (primary N) is 1. The number of ether oxygens (including phenoxy) is 3. The van der Waals surface area contributed by atoms with E-state index in [9.17, 15) is 14.0 Å². The van der Waals surface area contributed by atoms with Crippen LogP contribution in [0, 0.1) is 23.6 Å². The minimum absolute atomic E-state index is 0.0210. The Labute approximate surface area is 169 Å². The fraction of sp³-hybridized carbons (Fsp3) is 0.455. The molecule has 6 nitrogen and oxygen atoms in total. The molecule has 1 aromatic carbocycles. The minimum atomic E-state index is -0.838. The standard InChI is InChI=1S/C22H26FNO5/c1-5-12(2)16-10-22(20(9-18(16)25)28-11-29-22)13(3)6-14-7-15(21(24)26)19(27-4)8-17(14)23/h5,7-9,12-13,16H,1,6,10-11H2,2-4H3,(H2,24,26)/t12?,13?,16-,22-/m1/s1. The number of allylic oxidation sites excluding steroid dienone is 2. The number of fused-ring (bicyclic) bond motifs is 1. The summed E-state index contributed by atoms with van der Waals surface area (Å²) in [7, 11) is 1.35. The number of benzene rings is 1. The lowest BCUT2D eigenvalue weighted by Crippen LogP contribution is -2.46. The highest BCUT2D eigenvalue weighted by Crippen LogP contribution is 2.47. The summed E-state index contributed by atoms with van der Waals surface area (Å²) in [5.74, 6) is -1.20. The van der Waals surface area contributed by atoms with Gasteiger partial charge in [-0.25, -0.2) is 4.39 Å². The molecule has 1 aromatic rings. The first kappa shape index (κ1) is 21.0. The van der Waals surface area contributed by atoms with Crippen molar-refractivity contribution in [1.82, 2.24) is 0 Å². The van der Waals surface area contributed by atoms with Crippen molar-refractivity contribution in [2.24, 2.45) is 23.5 Å². The molecule has 0 radical (unpaired) electrons. The summed E-state index contributed by atoms with van der Waals surface area (Å²) in [6.45, 7) is 7.69. The van der Waals surface area contributed by atoms with Crippen LogP contribution in [0.4, 0.5) is 4.39 Å². The van der Waals surface area contributed by atoms with Crippen molar-refractivity contribution in [3.05, 3.63) is 53.6 Å². The van der Waals surface area contributed by atoms with Crippen molar-refractivity contribution in [2.45, 2.75) is 32.3 Å². The summed E-state index contributed by atoms with van der Waals surface area (Å²) >= 11 is 0. The normalized spacial score (nSPS) is 25.4. The molecule has 156 valence electrons. The third-order valence-corrected chi connectivity index (χ3v) is 6.07. The summed E-state index contributed by atoms with van der Waals surface area (Å²) < 4.78 is 31.3. The number of carbonyl (C=O) groups is 2.